The van der Waals surface area contributed by atoms with Gasteiger partial charge in [-0.05, 0) is 36.2 Å². The number of aliphatic carboxylic acids is 1. The summed E-state index contributed by atoms with van der Waals surface area (Å²) in [5.74, 6) is -1.32. The first-order valence-corrected chi connectivity index (χ1v) is 9.22. The third-order valence-electron chi connectivity index (χ3n) is 4.24. The number of hydrogen-bond donors (Lipinski definition) is 1. The van der Waals surface area contributed by atoms with Crippen LogP contribution in [0.15, 0.2) is 47.4 Å². The number of carboxylic acids is 1. The van der Waals surface area contributed by atoms with Gasteiger partial charge in [0.05, 0.1) is 17.0 Å². The Labute approximate surface area is 145 Å². The molecule has 2 aromatic carbocycles. The van der Waals surface area contributed by atoms with Gasteiger partial charge in [-0.1, -0.05) is 35.9 Å². The lowest BCUT2D eigenvalue weighted by Gasteiger charge is -2.21. The van der Waals surface area contributed by atoms with Crippen molar-refractivity contribution in [1.29, 1.82) is 0 Å². The van der Waals surface area contributed by atoms with Crippen molar-refractivity contribution >= 4 is 33.3 Å². The molecule has 0 saturated carbocycles. The third-order valence-corrected chi connectivity index (χ3v) is 6.57. The summed E-state index contributed by atoms with van der Waals surface area (Å²) in [6.07, 6.45) is -0.114. The van der Waals surface area contributed by atoms with Crippen molar-refractivity contribution in [2.75, 3.05) is 10.8 Å². The highest BCUT2D eigenvalue weighted by atomic mass is 35.5. The van der Waals surface area contributed by atoms with E-state index in [1.807, 2.05) is 0 Å². The topological polar surface area (TPSA) is 74.7 Å². The zero-order valence-corrected chi connectivity index (χ0v) is 14.5. The second-order valence-corrected chi connectivity index (χ2v) is 7.99. The third kappa shape index (κ3) is 2.76. The summed E-state index contributed by atoms with van der Waals surface area (Å²) in [6.45, 7) is 1.77. The summed E-state index contributed by atoms with van der Waals surface area (Å²) in [5, 5.41) is 9.48. The van der Waals surface area contributed by atoms with Crippen molar-refractivity contribution in [2.24, 2.45) is 0 Å². The average molecular weight is 366 g/mol. The van der Waals surface area contributed by atoms with E-state index in [9.17, 15) is 13.2 Å². The van der Waals surface area contributed by atoms with Gasteiger partial charge in [0.15, 0.2) is 0 Å². The molecule has 2 aromatic rings. The van der Waals surface area contributed by atoms with Crippen molar-refractivity contribution in [3.63, 3.8) is 0 Å². The molecule has 1 heterocycles. The summed E-state index contributed by atoms with van der Waals surface area (Å²) in [7, 11) is -3.82. The molecule has 0 amide bonds. The van der Waals surface area contributed by atoms with Crippen molar-refractivity contribution < 1.29 is 18.3 Å². The first kappa shape index (κ1) is 16.8. The molecule has 126 valence electrons. The molecule has 1 N–H and O–H groups in total. The van der Waals surface area contributed by atoms with Crippen LogP contribution in [0.25, 0.3) is 0 Å². The van der Waals surface area contributed by atoms with Gasteiger partial charge in [0, 0.05) is 17.5 Å². The number of halogens is 1. The van der Waals surface area contributed by atoms with Gasteiger partial charge in [-0.3, -0.25) is 9.10 Å². The summed E-state index contributed by atoms with van der Waals surface area (Å²) in [5.41, 5.74) is 1.75. The lowest BCUT2D eigenvalue weighted by atomic mass is 9.98. The molecule has 0 radical (unpaired) electrons. The van der Waals surface area contributed by atoms with Crippen LogP contribution in [-0.4, -0.2) is 26.0 Å². The number of carbonyl (C=O) groups is 1. The van der Waals surface area contributed by atoms with Crippen LogP contribution in [0, 0.1) is 6.92 Å². The molecule has 3 rings (SSSR count). The van der Waals surface area contributed by atoms with E-state index < -0.39 is 16.0 Å². The lowest BCUT2D eigenvalue weighted by Crippen LogP contribution is -2.31. The Morgan fingerprint density at radius 3 is 2.67 bits per heavy atom. The van der Waals surface area contributed by atoms with Gasteiger partial charge >= 0.3 is 5.97 Å². The normalized spacial score (nSPS) is 16.9. The molecule has 0 aliphatic carbocycles. The van der Waals surface area contributed by atoms with Gasteiger partial charge in [-0.2, -0.15) is 0 Å². The van der Waals surface area contributed by atoms with E-state index in [1.54, 1.807) is 43.3 Å². The van der Waals surface area contributed by atoms with Crippen molar-refractivity contribution in [2.45, 2.75) is 24.2 Å². The number of para-hydroxylation sites is 1. The largest absolute Gasteiger partial charge is 0.481 e. The van der Waals surface area contributed by atoms with Crippen LogP contribution in [0.3, 0.4) is 0 Å². The molecule has 1 atom stereocenters. The van der Waals surface area contributed by atoms with E-state index >= 15 is 0 Å². The molecule has 24 heavy (non-hydrogen) atoms. The number of anilines is 1. The van der Waals surface area contributed by atoms with Gasteiger partial charge < -0.3 is 5.11 Å². The zero-order valence-electron chi connectivity index (χ0n) is 12.9. The molecule has 0 aromatic heterocycles. The fraction of sp³-hybridized carbons (Fsp3) is 0.235. The monoisotopic (exact) mass is 365 g/mol. The standard InChI is InChI=1S/C17H16ClNO4S/c1-11-14(18)6-4-8-16(11)24(22,23)19-10-12(9-17(20)21)13-5-2-3-7-15(13)19/h2-8,12H,9-10H2,1H3,(H,20,21). The molecule has 1 unspecified atom stereocenters. The maximum absolute atomic E-state index is 13.1. The van der Waals surface area contributed by atoms with Gasteiger partial charge in [0.1, 0.15) is 0 Å². The Morgan fingerprint density at radius 1 is 1.25 bits per heavy atom. The molecule has 1 aliphatic heterocycles. The Hall–Kier alpha value is -2.05. The van der Waals surface area contributed by atoms with E-state index in [2.05, 4.69) is 0 Å². The summed E-state index contributed by atoms with van der Waals surface area (Å²) < 4.78 is 27.5. The molecule has 0 bridgehead atoms. The van der Waals surface area contributed by atoms with Crippen molar-refractivity contribution in [1.82, 2.24) is 0 Å². The Bertz CT molecular complexity index is 911. The summed E-state index contributed by atoms with van der Waals surface area (Å²) in [6, 6.07) is 11.8. The highest BCUT2D eigenvalue weighted by Gasteiger charge is 2.37. The minimum absolute atomic E-state index is 0.111. The molecule has 1 aliphatic rings. The van der Waals surface area contributed by atoms with Crippen LogP contribution in [0.2, 0.25) is 5.02 Å². The molecule has 0 spiro atoms. The minimum atomic E-state index is -3.82. The predicted octanol–water partition coefficient (Wildman–Crippen LogP) is 3.42. The average Bonchev–Trinajstić information content (AvgIpc) is 2.89. The fourth-order valence-electron chi connectivity index (χ4n) is 3.06. The highest BCUT2D eigenvalue weighted by molar-refractivity contribution is 7.93. The lowest BCUT2D eigenvalue weighted by molar-refractivity contribution is -0.137. The maximum Gasteiger partial charge on any atom is 0.304 e. The van der Waals surface area contributed by atoms with E-state index in [1.165, 1.54) is 10.4 Å². The molecule has 7 heteroatoms. The summed E-state index contributed by atoms with van der Waals surface area (Å²) >= 11 is 6.06. The van der Waals surface area contributed by atoms with Crippen LogP contribution >= 0.6 is 11.6 Å². The quantitative estimate of drug-likeness (QED) is 0.900. The summed E-state index contributed by atoms with van der Waals surface area (Å²) in [4.78, 5) is 11.2. The van der Waals surface area contributed by atoms with Crippen molar-refractivity contribution in [3.8, 4) is 0 Å². The molecule has 5 nitrogen and oxygen atoms in total. The van der Waals surface area contributed by atoms with Crippen LogP contribution in [0.1, 0.15) is 23.5 Å². The van der Waals surface area contributed by atoms with E-state index in [0.29, 0.717) is 16.3 Å². The van der Waals surface area contributed by atoms with Crippen LogP contribution in [0.5, 0.6) is 0 Å². The van der Waals surface area contributed by atoms with Crippen LogP contribution < -0.4 is 4.31 Å². The number of sulfonamides is 1. The van der Waals surface area contributed by atoms with Crippen molar-refractivity contribution in [3.05, 3.63) is 58.6 Å². The molecule has 0 saturated heterocycles. The van der Waals surface area contributed by atoms with Gasteiger partial charge in [-0.25, -0.2) is 8.42 Å². The minimum Gasteiger partial charge on any atom is -0.481 e. The Kier molecular flexibility index (Phi) is 4.27. The Balaban J connectivity index is 2.09. The van der Waals surface area contributed by atoms with Gasteiger partial charge in [0.2, 0.25) is 0 Å². The smallest absolute Gasteiger partial charge is 0.304 e. The number of nitrogens with zero attached hydrogens (tertiary/aromatic N) is 1. The fourth-order valence-corrected chi connectivity index (χ4v) is 5.07. The number of fused-ring (bicyclic) bond motifs is 1. The number of rotatable bonds is 4. The van der Waals surface area contributed by atoms with E-state index in [-0.39, 0.29) is 23.8 Å². The van der Waals surface area contributed by atoms with Crippen LogP contribution in [-0.2, 0) is 14.8 Å². The van der Waals surface area contributed by atoms with Gasteiger partial charge in [0.25, 0.3) is 10.0 Å². The Morgan fingerprint density at radius 2 is 1.96 bits per heavy atom. The second kappa shape index (κ2) is 6.11. The number of benzene rings is 2. The molecular weight excluding hydrogens is 350 g/mol. The first-order valence-electron chi connectivity index (χ1n) is 7.41. The highest BCUT2D eigenvalue weighted by Crippen LogP contribution is 2.41. The van der Waals surface area contributed by atoms with Gasteiger partial charge in [-0.15, -0.1) is 0 Å². The second-order valence-electron chi connectivity index (χ2n) is 5.75. The predicted molar refractivity (Wildman–Crippen MR) is 92.2 cm³/mol. The number of hydrogen-bond acceptors (Lipinski definition) is 3. The SMILES string of the molecule is Cc1c(Cl)cccc1S(=O)(=O)N1CC(CC(=O)O)c2ccccc21. The molecular formula is C17H16ClNO4S. The number of carboxylic acid groups (broad SMARTS) is 1. The van der Waals surface area contributed by atoms with E-state index in [0.717, 1.165) is 5.56 Å². The van der Waals surface area contributed by atoms with E-state index in [4.69, 9.17) is 16.7 Å². The zero-order chi connectivity index (χ0) is 17.5. The van der Waals surface area contributed by atoms with Crippen LogP contribution in [0.4, 0.5) is 5.69 Å². The molecule has 0 fully saturated rings. The first-order chi connectivity index (χ1) is 11.3. The maximum atomic E-state index is 13.1.